The van der Waals surface area contributed by atoms with E-state index in [0.717, 1.165) is 18.4 Å². The van der Waals surface area contributed by atoms with Gasteiger partial charge in [-0.15, -0.1) is 5.10 Å². The van der Waals surface area contributed by atoms with Crippen molar-refractivity contribution in [3.63, 3.8) is 0 Å². The fourth-order valence-electron chi connectivity index (χ4n) is 3.46. The van der Waals surface area contributed by atoms with Gasteiger partial charge in [-0.2, -0.15) is 0 Å². The highest BCUT2D eigenvalue weighted by Gasteiger charge is 2.24. The molecule has 0 spiro atoms. The topological polar surface area (TPSA) is 97.2 Å². The largest absolute Gasteiger partial charge is 0.343 e. The molecule has 8 nitrogen and oxygen atoms in total. The van der Waals surface area contributed by atoms with Gasteiger partial charge in [0.25, 0.3) is 0 Å². The molecule has 1 amide bonds. The van der Waals surface area contributed by atoms with Gasteiger partial charge in [0.1, 0.15) is 0 Å². The smallest absolute Gasteiger partial charge is 0.240 e. The Kier molecular flexibility index (Phi) is 6.38. The van der Waals surface area contributed by atoms with Gasteiger partial charge in [0, 0.05) is 32.3 Å². The van der Waals surface area contributed by atoms with E-state index in [-0.39, 0.29) is 35.2 Å². The Balaban J connectivity index is 1.47. The number of benzene rings is 1. The number of aromatic nitrogens is 3. The van der Waals surface area contributed by atoms with Crippen LogP contribution in [-0.2, 0) is 20.2 Å². The van der Waals surface area contributed by atoms with Crippen molar-refractivity contribution in [3.05, 3.63) is 42.2 Å². The number of hydrogen-bond donors (Lipinski definition) is 1. The van der Waals surface area contributed by atoms with Crippen LogP contribution in [0.2, 0.25) is 0 Å². The van der Waals surface area contributed by atoms with Gasteiger partial charge in [-0.1, -0.05) is 38.1 Å². The second kappa shape index (κ2) is 8.62. The van der Waals surface area contributed by atoms with Crippen LogP contribution in [0.1, 0.15) is 51.6 Å². The first kappa shape index (κ1) is 21.4. The predicted molar refractivity (Wildman–Crippen MR) is 110 cm³/mol. The molecule has 0 saturated carbocycles. The van der Waals surface area contributed by atoms with Gasteiger partial charge in [0.2, 0.25) is 15.9 Å². The lowest BCUT2D eigenvalue weighted by Gasteiger charge is -2.31. The molecule has 1 aromatic heterocycles. The van der Waals surface area contributed by atoms with Crippen molar-refractivity contribution in [1.82, 2.24) is 24.6 Å². The number of rotatable bonds is 6. The summed E-state index contributed by atoms with van der Waals surface area (Å²) in [5, 5.41) is 7.84. The van der Waals surface area contributed by atoms with E-state index in [4.69, 9.17) is 0 Å². The highest BCUT2D eigenvalue weighted by molar-refractivity contribution is 7.89. The average Bonchev–Trinajstić information content (AvgIpc) is 3.22. The summed E-state index contributed by atoms with van der Waals surface area (Å²) in [6, 6.07) is 7.15. The Morgan fingerprint density at radius 3 is 2.38 bits per heavy atom. The third-order valence-electron chi connectivity index (χ3n) is 5.29. The molecule has 0 atom stereocenters. The lowest BCUT2D eigenvalue weighted by atomic mass is 9.87. The monoisotopic (exact) mass is 419 g/mol. The van der Waals surface area contributed by atoms with Crippen molar-refractivity contribution < 1.29 is 13.2 Å². The number of nitrogens with one attached hydrogen (secondary N) is 1. The van der Waals surface area contributed by atoms with Crippen molar-refractivity contribution in [3.8, 4) is 0 Å². The molecule has 1 aromatic carbocycles. The molecule has 1 aliphatic rings. The van der Waals surface area contributed by atoms with Crippen LogP contribution in [0, 0.1) is 0 Å². The number of sulfonamides is 1. The number of carbonyl (C=O) groups is 1. The van der Waals surface area contributed by atoms with E-state index < -0.39 is 10.0 Å². The molecule has 158 valence electrons. The maximum Gasteiger partial charge on any atom is 0.240 e. The molecule has 29 heavy (non-hydrogen) atoms. The first-order valence-electron chi connectivity index (χ1n) is 9.90. The van der Waals surface area contributed by atoms with Crippen LogP contribution in [0.25, 0.3) is 0 Å². The maximum atomic E-state index is 12.5. The normalized spacial score (nSPS) is 16.2. The third kappa shape index (κ3) is 5.42. The number of nitrogens with zero attached hydrogens (tertiary/aromatic N) is 4. The van der Waals surface area contributed by atoms with E-state index in [9.17, 15) is 13.2 Å². The van der Waals surface area contributed by atoms with Gasteiger partial charge in [-0.05, 0) is 36.0 Å². The zero-order valence-electron chi connectivity index (χ0n) is 17.2. The van der Waals surface area contributed by atoms with Crippen LogP contribution >= 0.6 is 0 Å². The molecule has 3 rings (SSSR count). The summed E-state index contributed by atoms with van der Waals surface area (Å²) >= 11 is 0. The first-order chi connectivity index (χ1) is 13.7. The lowest BCUT2D eigenvalue weighted by Crippen LogP contribution is -2.40. The van der Waals surface area contributed by atoms with Crippen LogP contribution in [0.4, 0.5) is 0 Å². The van der Waals surface area contributed by atoms with Gasteiger partial charge in [0.15, 0.2) is 0 Å². The molecule has 1 N–H and O–H groups in total. The highest BCUT2D eigenvalue weighted by atomic mass is 32.2. The molecule has 9 heteroatoms. The number of likely N-dealkylation sites (tertiary alicyclic amines) is 1. The molecule has 1 saturated heterocycles. The number of carbonyl (C=O) groups excluding carboxylic acids is 1. The minimum absolute atomic E-state index is 0.0344. The molecule has 1 aliphatic heterocycles. The summed E-state index contributed by atoms with van der Waals surface area (Å²) in [6.45, 7) is 7.61. The SMILES string of the molecule is CC(C)(C)c1ccc(S(=O)(=O)NCCC(=O)N2CCC(n3ccnn3)CC2)cc1. The molecule has 2 heterocycles. The molecule has 0 unspecified atom stereocenters. The van der Waals surface area contributed by atoms with Gasteiger partial charge in [0.05, 0.1) is 17.1 Å². The summed E-state index contributed by atoms with van der Waals surface area (Å²) in [6.07, 6.45) is 5.28. The van der Waals surface area contributed by atoms with Crippen LogP contribution in [-0.4, -0.2) is 53.9 Å². The fourth-order valence-corrected chi connectivity index (χ4v) is 4.49. The summed E-state index contributed by atoms with van der Waals surface area (Å²) < 4.78 is 29.3. The van der Waals surface area contributed by atoms with Gasteiger partial charge < -0.3 is 4.90 Å². The van der Waals surface area contributed by atoms with Gasteiger partial charge in [-0.25, -0.2) is 17.8 Å². The van der Waals surface area contributed by atoms with Crippen LogP contribution in [0.5, 0.6) is 0 Å². The average molecular weight is 420 g/mol. The van der Waals surface area contributed by atoms with E-state index in [1.165, 1.54) is 0 Å². The van der Waals surface area contributed by atoms with Crippen LogP contribution in [0.3, 0.4) is 0 Å². The third-order valence-corrected chi connectivity index (χ3v) is 6.77. The Bertz CT molecular complexity index is 910. The Hall–Kier alpha value is -2.26. The Morgan fingerprint density at radius 1 is 1.17 bits per heavy atom. The lowest BCUT2D eigenvalue weighted by molar-refractivity contribution is -0.132. The second-order valence-electron chi connectivity index (χ2n) is 8.42. The van der Waals surface area contributed by atoms with Crippen molar-refractivity contribution in [2.75, 3.05) is 19.6 Å². The summed E-state index contributed by atoms with van der Waals surface area (Å²) in [5.74, 6) is -0.0344. The van der Waals surface area contributed by atoms with E-state index in [2.05, 4.69) is 35.8 Å². The number of amides is 1. The molecular formula is C20H29N5O3S. The van der Waals surface area contributed by atoms with Crippen molar-refractivity contribution in [1.29, 1.82) is 0 Å². The Labute approximate surface area is 172 Å². The summed E-state index contributed by atoms with van der Waals surface area (Å²) in [7, 11) is -3.63. The Morgan fingerprint density at radius 2 is 1.83 bits per heavy atom. The predicted octanol–water partition coefficient (Wildman–Crippen LogP) is 2.11. The van der Waals surface area contributed by atoms with E-state index in [0.29, 0.717) is 13.1 Å². The maximum absolute atomic E-state index is 12.5. The van der Waals surface area contributed by atoms with E-state index in [1.807, 2.05) is 23.0 Å². The van der Waals surface area contributed by atoms with Crippen LogP contribution < -0.4 is 4.72 Å². The van der Waals surface area contributed by atoms with Crippen molar-refractivity contribution in [2.45, 2.75) is 56.4 Å². The molecular weight excluding hydrogens is 390 g/mol. The first-order valence-corrected chi connectivity index (χ1v) is 11.4. The molecule has 0 radical (unpaired) electrons. The van der Waals surface area contributed by atoms with E-state index >= 15 is 0 Å². The second-order valence-corrected chi connectivity index (χ2v) is 10.2. The minimum atomic E-state index is -3.63. The summed E-state index contributed by atoms with van der Waals surface area (Å²) in [4.78, 5) is 14.4. The summed E-state index contributed by atoms with van der Waals surface area (Å²) in [5.41, 5.74) is 1.03. The van der Waals surface area contributed by atoms with Crippen LogP contribution in [0.15, 0.2) is 41.6 Å². The van der Waals surface area contributed by atoms with Gasteiger partial charge in [-0.3, -0.25) is 4.79 Å². The zero-order chi connectivity index (χ0) is 21.1. The zero-order valence-corrected chi connectivity index (χ0v) is 18.0. The fraction of sp³-hybridized carbons (Fsp3) is 0.550. The molecule has 1 fully saturated rings. The molecule has 2 aromatic rings. The number of hydrogen-bond acceptors (Lipinski definition) is 5. The highest BCUT2D eigenvalue weighted by Crippen LogP contribution is 2.24. The molecule has 0 bridgehead atoms. The van der Waals surface area contributed by atoms with Crippen molar-refractivity contribution >= 4 is 15.9 Å². The van der Waals surface area contributed by atoms with Gasteiger partial charge >= 0.3 is 0 Å². The van der Waals surface area contributed by atoms with Crippen molar-refractivity contribution in [2.24, 2.45) is 0 Å². The standard InChI is InChI=1S/C20H29N5O3S/c1-20(2,3)16-4-6-18(7-5-16)29(27,28)22-11-8-19(26)24-13-9-17(10-14-24)25-15-12-21-23-25/h4-7,12,15,17,22H,8-11,13-14H2,1-3H3. The molecule has 0 aliphatic carbocycles. The number of piperidine rings is 1. The van der Waals surface area contributed by atoms with E-state index in [1.54, 1.807) is 23.2 Å². The minimum Gasteiger partial charge on any atom is -0.343 e. The quantitative estimate of drug-likeness (QED) is 0.773.